The lowest BCUT2D eigenvalue weighted by atomic mass is 10.0. The van der Waals surface area contributed by atoms with Crippen molar-refractivity contribution in [3.63, 3.8) is 0 Å². The lowest BCUT2D eigenvalue weighted by Gasteiger charge is -2.20. The zero-order valence-electron chi connectivity index (χ0n) is 18.8. The molecule has 4 N–H and O–H groups in total. The number of benzene rings is 2. The van der Waals surface area contributed by atoms with Crippen LogP contribution < -0.4 is 10.6 Å². The molecule has 0 aliphatic carbocycles. The Morgan fingerprint density at radius 3 is 1.19 bits per heavy atom. The maximum absolute atomic E-state index is 14.3. The van der Waals surface area contributed by atoms with E-state index in [1.165, 1.54) is 0 Å². The summed E-state index contributed by atoms with van der Waals surface area (Å²) in [6.45, 7) is 0. The van der Waals surface area contributed by atoms with Crippen molar-refractivity contribution in [2.45, 2.75) is 40.5 Å². The number of alkyl halides is 6. The molecule has 0 saturated heterocycles. The molecule has 2 aromatic carbocycles. The fourth-order valence-corrected chi connectivity index (χ4v) is 2.87. The van der Waals surface area contributed by atoms with Crippen LogP contribution in [0.4, 0.5) is 8.78 Å². The Hall–Kier alpha value is -2.66. The largest absolute Gasteiger partial charge is 0.480 e. The minimum atomic E-state index is -3.03. The van der Waals surface area contributed by atoms with Gasteiger partial charge in [-0.3, -0.25) is 9.59 Å². The van der Waals surface area contributed by atoms with E-state index in [-0.39, 0.29) is 12.8 Å². The van der Waals surface area contributed by atoms with Crippen LogP contribution in [0.15, 0.2) is 60.7 Å². The number of carbonyl (C=O) groups is 4. The van der Waals surface area contributed by atoms with E-state index in [1.807, 2.05) is 10.6 Å². The van der Waals surface area contributed by atoms with Gasteiger partial charge in [0.2, 0.25) is 12.3 Å². The average Bonchev–Trinajstić information content (AvgIpc) is 2.82. The number of hydrogen-bond acceptors (Lipinski definition) is 4. The van der Waals surface area contributed by atoms with Gasteiger partial charge in [0.25, 0.3) is 15.1 Å². The van der Waals surface area contributed by atoms with Crippen molar-refractivity contribution >= 4 is 70.2 Å². The number of carboxylic acid groups (broad SMARTS) is 2. The van der Waals surface area contributed by atoms with E-state index in [1.54, 1.807) is 60.7 Å². The number of halogens is 6. The molecule has 0 unspecified atom stereocenters. The van der Waals surface area contributed by atoms with Crippen molar-refractivity contribution in [3.05, 3.63) is 71.8 Å². The summed E-state index contributed by atoms with van der Waals surface area (Å²) >= 11 is 19.3. The van der Waals surface area contributed by atoms with Gasteiger partial charge in [0, 0.05) is 12.8 Å². The van der Waals surface area contributed by atoms with Crippen molar-refractivity contribution in [3.8, 4) is 0 Å². The third-order valence-corrected chi connectivity index (χ3v) is 4.55. The van der Waals surface area contributed by atoms with E-state index >= 15 is 0 Å². The van der Waals surface area contributed by atoms with Gasteiger partial charge in [-0.1, -0.05) is 107 Å². The molecule has 14 heteroatoms. The van der Waals surface area contributed by atoms with Crippen LogP contribution in [0.5, 0.6) is 0 Å². The van der Waals surface area contributed by atoms with Gasteiger partial charge in [-0.05, 0) is 11.1 Å². The second-order valence-corrected chi connectivity index (χ2v) is 10.8. The van der Waals surface area contributed by atoms with Crippen LogP contribution in [0, 0.1) is 0 Å². The van der Waals surface area contributed by atoms with Crippen LogP contribution in [0.1, 0.15) is 11.1 Å². The van der Waals surface area contributed by atoms with Gasteiger partial charge < -0.3 is 20.8 Å². The summed E-state index contributed by atoms with van der Waals surface area (Å²) < 4.78 is 27.0. The Balaban J connectivity index is 0.00000124. The Labute approximate surface area is 230 Å². The number of amides is 2. The van der Waals surface area contributed by atoms with E-state index in [4.69, 9.17) is 46.4 Å². The molecule has 4 atom stereocenters. The highest BCUT2D eigenvalue weighted by Gasteiger charge is 2.37. The molecule has 2 aromatic rings. The van der Waals surface area contributed by atoms with E-state index in [0.29, 0.717) is 11.1 Å². The zero-order valence-corrected chi connectivity index (χ0v) is 21.8. The second-order valence-electron chi connectivity index (χ2n) is 7.41. The molecule has 0 saturated carbocycles. The van der Waals surface area contributed by atoms with Gasteiger partial charge in [0.1, 0.15) is 12.1 Å². The van der Waals surface area contributed by atoms with E-state index < -0.39 is 51.4 Å². The summed E-state index contributed by atoms with van der Waals surface area (Å²) in [6.07, 6.45) is -6.43. The Morgan fingerprint density at radius 2 is 0.946 bits per heavy atom. The molecule has 0 spiro atoms. The molecule has 0 fully saturated rings. The number of aliphatic carboxylic acids is 2. The predicted molar refractivity (Wildman–Crippen MR) is 135 cm³/mol. The topological polar surface area (TPSA) is 133 Å². The molecule has 202 valence electrons. The van der Waals surface area contributed by atoms with E-state index in [2.05, 4.69) is 0 Å². The zero-order chi connectivity index (χ0) is 28.2. The lowest BCUT2D eigenvalue weighted by molar-refractivity contribution is -0.146. The molecular weight excluding hydrogens is 580 g/mol. The fourth-order valence-electron chi connectivity index (χ4n) is 2.87. The van der Waals surface area contributed by atoms with Crippen LogP contribution >= 0.6 is 46.4 Å². The first-order chi connectivity index (χ1) is 17.2. The third-order valence-electron chi connectivity index (χ3n) is 4.55. The number of carboxylic acids is 2. The van der Waals surface area contributed by atoms with Gasteiger partial charge in [-0.25, -0.2) is 18.4 Å². The maximum atomic E-state index is 14.3. The first-order valence-electron chi connectivity index (χ1n) is 10.4. The molecule has 2 rings (SSSR count). The number of carbonyl (C=O) groups excluding carboxylic acids is 2. The first kappa shape index (κ1) is 32.4. The maximum Gasteiger partial charge on any atom is 0.326 e. The highest BCUT2D eigenvalue weighted by atomic mass is 35.6. The SMILES string of the molecule is ClC(Cl)(Cl)Cl.O=C(O)[C@H](Cc1ccccc1)NC(=O)[C@@H](F)[C@H](F)C(=O)N[C@@H](Cc1ccccc1)C(=O)O. The summed E-state index contributed by atoms with van der Waals surface area (Å²) in [4.78, 5) is 46.8. The van der Waals surface area contributed by atoms with Crippen molar-refractivity contribution in [2.75, 3.05) is 0 Å². The summed E-state index contributed by atoms with van der Waals surface area (Å²) in [5.74, 6) is -6.21. The van der Waals surface area contributed by atoms with Crippen LogP contribution in [0.3, 0.4) is 0 Å². The number of rotatable bonds is 11. The standard InChI is InChI=1S/C22H22F2N2O6.CCl4/c23-17(19(27)25-15(21(29)30)11-13-7-3-1-4-8-13)18(24)20(28)26-16(22(31)32)12-14-9-5-2-6-10-14;2-1(3,4)5/h1-10,15-18H,11-12H2,(H,25,27)(H,26,28)(H,29,30)(H,31,32);/t15-,16-,17-,18-;/m0./s1. The fraction of sp³-hybridized carbons (Fsp3) is 0.304. The van der Waals surface area contributed by atoms with Gasteiger partial charge in [-0.15, -0.1) is 0 Å². The molecular formula is C23H22Cl4F2N2O6. The number of nitrogens with one attached hydrogen (secondary N) is 2. The summed E-state index contributed by atoms with van der Waals surface area (Å²) in [6, 6.07) is 13.2. The molecule has 2 amide bonds. The highest BCUT2D eigenvalue weighted by Crippen LogP contribution is 2.29. The molecule has 0 aromatic heterocycles. The molecule has 0 radical (unpaired) electrons. The van der Waals surface area contributed by atoms with Gasteiger partial charge in [0.15, 0.2) is 0 Å². The summed E-state index contributed by atoms with van der Waals surface area (Å²) in [5, 5.41) is 22.2. The van der Waals surface area contributed by atoms with Crippen LogP contribution in [0.2, 0.25) is 0 Å². The molecule has 8 nitrogen and oxygen atoms in total. The minimum Gasteiger partial charge on any atom is -0.480 e. The predicted octanol–water partition coefficient (Wildman–Crippen LogP) is 3.84. The van der Waals surface area contributed by atoms with Crippen molar-refractivity contribution in [1.29, 1.82) is 0 Å². The molecule has 0 aliphatic heterocycles. The summed E-state index contributed by atoms with van der Waals surface area (Å²) in [5.41, 5.74) is 1.07. The smallest absolute Gasteiger partial charge is 0.326 e. The highest BCUT2D eigenvalue weighted by molar-refractivity contribution is 6.83. The van der Waals surface area contributed by atoms with Gasteiger partial charge >= 0.3 is 11.9 Å². The quantitative estimate of drug-likeness (QED) is 0.289. The van der Waals surface area contributed by atoms with Gasteiger partial charge in [0.05, 0.1) is 0 Å². The summed E-state index contributed by atoms with van der Waals surface area (Å²) in [7, 11) is 0. The lowest BCUT2D eigenvalue weighted by Crippen LogP contribution is -2.53. The second kappa shape index (κ2) is 15.6. The van der Waals surface area contributed by atoms with Crippen LogP contribution in [0.25, 0.3) is 0 Å². The number of hydrogen-bond donors (Lipinski definition) is 4. The molecule has 0 heterocycles. The Kier molecular flexibility index (Phi) is 13.6. The minimum absolute atomic E-state index is 0.185. The van der Waals surface area contributed by atoms with Crippen LogP contribution in [-0.4, -0.2) is 61.6 Å². The normalized spacial score (nSPS) is 14.1. The monoisotopic (exact) mass is 600 g/mol. The van der Waals surface area contributed by atoms with Crippen molar-refractivity contribution < 1.29 is 38.2 Å². The first-order valence-corrected chi connectivity index (χ1v) is 11.9. The molecule has 0 aliphatic rings. The van der Waals surface area contributed by atoms with E-state index in [9.17, 15) is 38.2 Å². The van der Waals surface area contributed by atoms with Crippen molar-refractivity contribution in [1.82, 2.24) is 10.6 Å². The Bertz CT molecular complexity index is 961. The van der Waals surface area contributed by atoms with E-state index in [0.717, 1.165) is 0 Å². The third kappa shape index (κ3) is 13.5. The van der Waals surface area contributed by atoms with Gasteiger partial charge in [-0.2, -0.15) is 0 Å². The van der Waals surface area contributed by atoms with Crippen molar-refractivity contribution in [2.24, 2.45) is 0 Å². The molecule has 37 heavy (non-hydrogen) atoms. The van der Waals surface area contributed by atoms with Crippen LogP contribution in [-0.2, 0) is 32.0 Å². The average molecular weight is 602 g/mol. The molecule has 0 bridgehead atoms. The Morgan fingerprint density at radius 1 is 0.676 bits per heavy atom.